The summed E-state index contributed by atoms with van der Waals surface area (Å²) in [5.41, 5.74) is 0. The van der Waals surface area contributed by atoms with Gasteiger partial charge in [0.15, 0.2) is 0 Å². The third-order valence-corrected chi connectivity index (χ3v) is 3.62. The Labute approximate surface area is 93.2 Å². The summed E-state index contributed by atoms with van der Waals surface area (Å²) < 4.78 is 0. The van der Waals surface area contributed by atoms with Crippen molar-refractivity contribution in [3.05, 3.63) is 12.4 Å². The Morgan fingerprint density at radius 2 is 2.40 bits per heavy atom. The summed E-state index contributed by atoms with van der Waals surface area (Å²) in [6.45, 7) is 0. The van der Waals surface area contributed by atoms with E-state index in [1.54, 1.807) is 12.4 Å². The van der Waals surface area contributed by atoms with Gasteiger partial charge >= 0.3 is 0 Å². The van der Waals surface area contributed by atoms with Gasteiger partial charge in [0.25, 0.3) is 0 Å². The van der Waals surface area contributed by atoms with E-state index in [1.165, 1.54) is 11.5 Å². The van der Waals surface area contributed by atoms with Crippen molar-refractivity contribution in [2.24, 2.45) is 5.92 Å². The minimum Gasteiger partial charge on any atom is -0.331 e. The molecule has 1 amide bonds. The number of aromatic amines is 1. The zero-order valence-corrected chi connectivity index (χ0v) is 9.35. The minimum atomic E-state index is 0.0712. The number of nitrogens with one attached hydrogen (secondary N) is 2. The number of nitrogens with zero attached hydrogens (tertiary/aromatic N) is 1. The number of carbonyl (C=O) groups excluding carboxylic acids is 1. The Morgan fingerprint density at radius 1 is 1.60 bits per heavy atom. The molecule has 82 valence electrons. The zero-order valence-electron chi connectivity index (χ0n) is 8.53. The first-order valence-electron chi connectivity index (χ1n) is 5.21. The Bertz CT molecular complexity index is 306. The molecule has 0 aromatic carbocycles. The van der Waals surface area contributed by atoms with Crippen molar-refractivity contribution in [2.75, 3.05) is 16.8 Å². The molecule has 0 atom stereocenters. The number of hydrogen-bond donors (Lipinski definition) is 2. The van der Waals surface area contributed by atoms with Crippen molar-refractivity contribution in [1.29, 1.82) is 0 Å². The van der Waals surface area contributed by atoms with Gasteiger partial charge in [0.2, 0.25) is 11.9 Å². The highest BCUT2D eigenvalue weighted by Gasteiger charge is 2.17. The van der Waals surface area contributed by atoms with Crippen LogP contribution in [0.2, 0.25) is 0 Å². The summed E-state index contributed by atoms with van der Waals surface area (Å²) >= 11 is 1.98. The largest absolute Gasteiger partial charge is 0.331 e. The van der Waals surface area contributed by atoms with Gasteiger partial charge < -0.3 is 4.98 Å². The molecular formula is C10H15N3OS. The fourth-order valence-corrected chi connectivity index (χ4v) is 2.93. The fraction of sp³-hybridized carbons (Fsp3) is 0.600. The van der Waals surface area contributed by atoms with Crippen LogP contribution in [0, 0.1) is 5.92 Å². The first-order chi connectivity index (χ1) is 7.34. The molecule has 0 spiro atoms. The molecule has 1 aliphatic rings. The Balaban J connectivity index is 1.76. The number of carbonyl (C=O) groups is 1. The van der Waals surface area contributed by atoms with E-state index in [2.05, 4.69) is 15.3 Å². The predicted octanol–water partition coefficient (Wildman–Crippen LogP) is 1.88. The second-order valence-electron chi connectivity index (χ2n) is 3.75. The molecule has 1 saturated heterocycles. The van der Waals surface area contributed by atoms with Crippen molar-refractivity contribution >= 4 is 23.6 Å². The maximum Gasteiger partial charge on any atom is 0.226 e. The van der Waals surface area contributed by atoms with Gasteiger partial charge in [-0.2, -0.15) is 11.8 Å². The van der Waals surface area contributed by atoms with Gasteiger partial charge in [-0.25, -0.2) is 4.98 Å². The number of amides is 1. The number of thioether (sulfide) groups is 1. The van der Waals surface area contributed by atoms with Crippen LogP contribution >= 0.6 is 11.8 Å². The average Bonchev–Trinajstić information content (AvgIpc) is 2.71. The van der Waals surface area contributed by atoms with Crippen molar-refractivity contribution < 1.29 is 4.79 Å². The molecule has 0 radical (unpaired) electrons. The molecule has 1 aromatic heterocycles. The molecule has 0 bridgehead atoms. The normalized spacial score (nSPS) is 17.6. The molecule has 2 rings (SSSR count). The van der Waals surface area contributed by atoms with Gasteiger partial charge in [-0.05, 0) is 30.3 Å². The lowest BCUT2D eigenvalue weighted by Crippen LogP contribution is -2.20. The van der Waals surface area contributed by atoms with E-state index in [0.717, 1.165) is 12.8 Å². The molecule has 1 aliphatic heterocycles. The van der Waals surface area contributed by atoms with Crippen molar-refractivity contribution in [2.45, 2.75) is 19.3 Å². The van der Waals surface area contributed by atoms with Crippen LogP contribution in [0.1, 0.15) is 19.3 Å². The van der Waals surface area contributed by atoms with Crippen LogP contribution in [0.5, 0.6) is 0 Å². The van der Waals surface area contributed by atoms with E-state index in [0.29, 0.717) is 18.3 Å². The Hall–Kier alpha value is -0.970. The molecule has 4 nitrogen and oxygen atoms in total. The highest BCUT2D eigenvalue weighted by molar-refractivity contribution is 7.99. The molecular weight excluding hydrogens is 210 g/mol. The van der Waals surface area contributed by atoms with E-state index < -0.39 is 0 Å². The van der Waals surface area contributed by atoms with Crippen LogP contribution in [0.25, 0.3) is 0 Å². The van der Waals surface area contributed by atoms with Crippen LogP contribution < -0.4 is 5.32 Å². The molecule has 2 N–H and O–H groups in total. The van der Waals surface area contributed by atoms with Crippen molar-refractivity contribution in [3.8, 4) is 0 Å². The van der Waals surface area contributed by atoms with E-state index in [4.69, 9.17) is 0 Å². The smallest absolute Gasteiger partial charge is 0.226 e. The lowest BCUT2D eigenvalue weighted by Gasteiger charge is -2.20. The molecule has 0 aliphatic carbocycles. The second-order valence-corrected chi connectivity index (χ2v) is 4.97. The van der Waals surface area contributed by atoms with Gasteiger partial charge in [-0.1, -0.05) is 0 Å². The molecule has 0 unspecified atom stereocenters. The predicted molar refractivity (Wildman–Crippen MR) is 61.9 cm³/mol. The third-order valence-electron chi connectivity index (χ3n) is 2.57. The minimum absolute atomic E-state index is 0.0712. The first kappa shape index (κ1) is 10.5. The lowest BCUT2D eigenvalue weighted by molar-refractivity contribution is -0.117. The van der Waals surface area contributed by atoms with Crippen LogP contribution in [0.15, 0.2) is 12.4 Å². The van der Waals surface area contributed by atoms with Crippen LogP contribution in [-0.2, 0) is 4.79 Å². The summed E-state index contributed by atoms with van der Waals surface area (Å²) in [5, 5.41) is 2.76. The maximum atomic E-state index is 11.6. The van der Waals surface area contributed by atoms with Crippen LogP contribution in [0.3, 0.4) is 0 Å². The lowest BCUT2D eigenvalue weighted by atomic mass is 9.98. The molecule has 0 saturated carbocycles. The van der Waals surface area contributed by atoms with Gasteiger partial charge in [0.1, 0.15) is 0 Å². The molecule has 5 heteroatoms. The van der Waals surface area contributed by atoms with Gasteiger partial charge in [0.05, 0.1) is 0 Å². The SMILES string of the molecule is O=C(CC1CCSCC1)Nc1ncc[nH]1. The Kier molecular flexibility index (Phi) is 3.66. The Morgan fingerprint density at radius 3 is 3.07 bits per heavy atom. The van der Waals surface area contributed by atoms with Crippen molar-refractivity contribution in [3.63, 3.8) is 0 Å². The monoisotopic (exact) mass is 225 g/mol. The molecule has 1 fully saturated rings. The summed E-state index contributed by atoms with van der Waals surface area (Å²) in [5.74, 6) is 3.56. The number of aromatic nitrogens is 2. The quantitative estimate of drug-likeness (QED) is 0.825. The highest BCUT2D eigenvalue weighted by atomic mass is 32.2. The molecule has 2 heterocycles. The van der Waals surface area contributed by atoms with Crippen molar-refractivity contribution in [1.82, 2.24) is 9.97 Å². The zero-order chi connectivity index (χ0) is 10.5. The summed E-state index contributed by atoms with van der Waals surface area (Å²) in [6.07, 6.45) is 6.29. The fourth-order valence-electron chi connectivity index (χ4n) is 1.73. The van der Waals surface area contributed by atoms with Crippen LogP contribution in [0.4, 0.5) is 5.95 Å². The first-order valence-corrected chi connectivity index (χ1v) is 6.37. The number of rotatable bonds is 3. The summed E-state index contributed by atoms with van der Waals surface area (Å²) in [4.78, 5) is 18.4. The average molecular weight is 225 g/mol. The number of H-pyrrole nitrogens is 1. The topological polar surface area (TPSA) is 57.8 Å². The van der Waals surface area contributed by atoms with E-state index in [1.807, 2.05) is 11.8 Å². The standard InChI is InChI=1S/C10H15N3OS/c14-9(13-10-11-3-4-12-10)7-8-1-5-15-6-2-8/h3-4,8H,1-2,5-7H2,(H2,11,12,13,14). The maximum absolute atomic E-state index is 11.6. The third kappa shape index (κ3) is 3.27. The van der Waals surface area contributed by atoms with E-state index >= 15 is 0 Å². The van der Waals surface area contributed by atoms with Gasteiger partial charge in [0, 0.05) is 18.8 Å². The summed E-state index contributed by atoms with van der Waals surface area (Å²) in [6, 6.07) is 0. The number of anilines is 1. The van der Waals surface area contributed by atoms with Gasteiger partial charge in [-0.15, -0.1) is 0 Å². The number of imidazole rings is 1. The molecule has 15 heavy (non-hydrogen) atoms. The van der Waals surface area contributed by atoms with E-state index in [-0.39, 0.29) is 5.91 Å². The number of hydrogen-bond acceptors (Lipinski definition) is 3. The van der Waals surface area contributed by atoms with Gasteiger partial charge in [-0.3, -0.25) is 10.1 Å². The van der Waals surface area contributed by atoms with Crippen LogP contribution in [-0.4, -0.2) is 27.4 Å². The van der Waals surface area contributed by atoms with E-state index in [9.17, 15) is 4.79 Å². The summed E-state index contributed by atoms with van der Waals surface area (Å²) in [7, 11) is 0. The molecule has 1 aromatic rings. The highest BCUT2D eigenvalue weighted by Crippen LogP contribution is 2.25. The second kappa shape index (κ2) is 5.21.